The first-order valence-electron chi connectivity index (χ1n) is 5.70. The van der Waals surface area contributed by atoms with Crippen LogP contribution in [0.2, 0.25) is 5.02 Å². The minimum Gasteiger partial charge on any atom is -0.478 e. The Hall–Kier alpha value is -1.87. The Morgan fingerprint density at radius 1 is 1.16 bits per heavy atom. The monoisotopic (exact) mass is 278 g/mol. The Kier molecular flexibility index (Phi) is 3.58. The van der Waals surface area contributed by atoms with Crippen molar-refractivity contribution >= 4 is 17.6 Å². The van der Waals surface area contributed by atoms with E-state index in [1.54, 1.807) is 19.9 Å². The van der Waals surface area contributed by atoms with Crippen LogP contribution in [0.1, 0.15) is 21.5 Å². The van der Waals surface area contributed by atoms with Gasteiger partial charge >= 0.3 is 5.97 Å². The van der Waals surface area contributed by atoms with Gasteiger partial charge in [0, 0.05) is 10.6 Å². The highest BCUT2D eigenvalue weighted by Crippen LogP contribution is 2.34. The Morgan fingerprint density at radius 2 is 1.74 bits per heavy atom. The summed E-state index contributed by atoms with van der Waals surface area (Å²) in [6.45, 7) is 3.60. The normalized spacial score (nSPS) is 10.5. The number of benzene rings is 2. The van der Waals surface area contributed by atoms with E-state index in [0.717, 1.165) is 16.7 Å². The van der Waals surface area contributed by atoms with E-state index in [1.807, 2.05) is 0 Å². The van der Waals surface area contributed by atoms with Gasteiger partial charge in [-0.2, -0.15) is 0 Å². The molecule has 0 unspecified atom stereocenters. The summed E-state index contributed by atoms with van der Waals surface area (Å²) in [4.78, 5) is 10.9. The summed E-state index contributed by atoms with van der Waals surface area (Å²) in [6.07, 6.45) is 0. The van der Waals surface area contributed by atoms with Crippen molar-refractivity contribution in [3.05, 3.63) is 57.9 Å². The minimum atomic E-state index is -1.03. The van der Waals surface area contributed by atoms with Crippen LogP contribution in [0.25, 0.3) is 11.1 Å². The summed E-state index contributed by atoms with van der Waals surface area (Å²) >= 11 is 6.13. The first-order valence-corrected chi connectivity index (χ1v) is 6.08. The van der Waals surface area contributed by atoms with E-state index in [1.165, 1.54) is 24.3 Å². The molecule has 0 aromatic heterocycles. The lowest BCUT2D eigenvalue weighted by atomic mass is 9.95. The van der Waals surface area contributed by atoms with Crippen LogP contribution in [0.3, 0.4) is 0 Å². The number of hydrogen-bond acceptors (Lipinski definition) is 1. The Labute approximate surface area is 115 Å². The van der Waals surface area contributed by atoms with Crippen molar-refractivity contribution in [3.8, 4) is 11.1 Å². The van der Waals surface area contributed by atoms with E-state index in [4.69, 9.17) is 16.7 Å². The molecule has 2 nitrogen and oxygen atoms in total. The van der Waals surface area contributed by atoms with Gasteiger partial charge in [0.1, 0.15) is 5.82 Å². The number of carbonyl (C=O) groups is 1. The Morgan fingerprint density at radius 3 is 2.21 bits per heavy atom. The fraction of sp³-hybridized carbons (Fsp3) is 0.133. The van der Waals surface area contributed by atoms with Crippen LogP contribution in [0.4, 0.5) is 4.39 Å². The molecular formula is C15H12ClFO2. The Balaban J connectivity index is 2.63. The molecule has 0 aliphatic rings. The molecule has 0 radical (unpaired) electrons. The van der Waals surface area contributed by atoms with Gasteiger partial charge in [-0.05, 0) is 54.8 Å². The van der Waals surface area contributed by atoms with Crippen LogP contribution >= 0.6 is 11.6 Å². The van der Waals surface area contributed by atoms with Crippen molar-refractivity contribution in [1.82, 2.24) is 0 Å². The van der Waals surface area contributed by atoms with Gasteiger partial charge in [0.25, 0.3) is 0 Å². The van der Waals surface area contributed by atoms with Gasteiger partial charge in [-0.15, -0.1) is 0 Å². The highest BCUT2D eigenvalue weighted by Gasteiger charge is 2.13. The van der Waals surface area contributed by atoms with Crippen molar-refractivity contribution in [2.45, 2.75) is 13.8 Å². The van der Waals surface area contributed by atoms with E-state index in [-0.39, 0.29) is 11.4 Å². The van der Waals surface area contributed by atoms with E-state index < -0.39 is 5.97 Å². The lowest BCUT2D eigenvalue weighted by Crippen LogP contribution is -1.97. The van der Waals surface area contributed by atoms with Gasteiger partial charge in [0.15, 0.2) is 0 Å². The Bertz CT molecular complexity index is 642. The van der Waals surface area contributed by atoms with Crippen LogP contribution < -0.4 is 0 Å². The summed E-state index contributed by atoms with van der Waals surface area (Å²) in [7, 11) is 0. The number of aryl methyl sites for hydroxylation is 2. The molecule has 0 spiro atoms. The van der Waals surface area contributed by atoms with Crippen LogP contribution in [0.5, 0.6) is 0 Å². The second-order valence-electron chi connectivity index (χ2n) is 4.41. The zero-order chi connectivity index (χ0) is 14.2. The third-order valence-electron chi connectivity index (χ3n) is 2.98. The summed E-state index contributed by atoms with van der Waals surface area (Å²) < 4.78 is 13.3. The van der Waals surface area contributed by atoms with Gasteiger partial charge < -0.3 is 5.11 Å². The van der Waals surface area contributed by atoms with Crippen molar-refractivity contribution in [2.75, 3.05) is 0 Å². The molecule has 0 bridgehead atoms. The zero-order valence-electron chi connectivity index (χ0n) is 10.5. The van der Waals surface area contributed by atoms with E-state index in [9.17, 15) is 9.18 Å². The maximum absolute atomic E-state index is 13.3. The van der Waals surface area contributed by atoms with Gasteiger partial charge in [0.05, 0.1) is 5.56 Å². The van der Waals surface area contributed by atoms with Gasteiger partial charge in [0.2, 0.25) is 0 Å². The smallest absolute Gasteiger partial charge is 0.335 e. The highest BCUT2D eigenvalue weighted by atomic mass is 35.5. The lowest BCUT2D eigenvalue weighted by molar-refractivity contribution is 0.0697. The minimum absolute atomic E-state index is 0.131. The second kappa shape index (κ2) is 5.02. The average molecular weight is 279 g/mol. The summed E-state index contributed by atoms with van der Waals surface area (Å²) in [5.41, 5.74) is 3.21. The van der Waals surface area contributed by atoms with Crippen LogP contribution in [-0.4, -0.2) is 11.1 Å². The van der Waals surface area contributed by atoms with Crippen molar-refractivity contribution in [3.63, 3.8) is 0 Å². The first kappa shape index (κ1) is 13.6. The topological polar surface area (TPSA) is 37.3 Å². The largest absolute Gasteiger partial charge is 0.478 e. The molecule has 0 aliphatic carbocycles. The molecule has 2 aromatic rings. The third-order valence-corrected chi connectivity index (χ3v) is 3.30. The van der Waals surface area contributed by atoms with Gasteiger partial charge in [-0.1, -0.05) is 17.7 Å². The molecule has 0 saturated carbocycles. The highest BCUT2D eigenvalue weighted by molar-refractivity contribution is 6.33. The SMILES string of the molecule is Cc1cc(F)cc(C)c1-c1ccc(C(=O)O)cc1Cl. The maximum Gasteiger partial charge on any atom is 0.335 e. The second-order valence-corrected chi connectivity index (χ2v) is 4.82. The molecule has 0 saturated heterocycles. The number of rotatable bonds is 2. The molecule has 2 rings (SSSR count). The van der Waals surface area contributed by atoms with E-state index in [2.05, 4.69) is 0 Å². The molecular weight excluding hydrogens is 267 g/mol. The fourth-order valence-electron chi connectivity index (χ4n) is 2.19. The number of carboxylic acids is 1. The van der Waals surface area contributed by atoms with Crippen molar-refractivity contribution < 1.29 is 14.3 Å². The van der Waals surface area contributed by atoms with Crippen molar-refractivity contribution in [1.29, 1.82) is 0 Å². The maximum atomic E-state index is 13.3. The molecule has 2 aromatic carbocycles. The van der Waals surface area contributed by atoms with E-state index in [0.29, 0.717) is 10.6 Å². The summed E-state index contributed by atoms with van der Waals surface area (Å²) in [5.74, 6) is -1.32. The standard InChI is InChI=1S/C15H12ClFO2/c1-8-5-11(17)6-9(2)14(8)12-4-3-10(15(18)19)7-13(12)16/h3-7H,1-2H3,(H,18,19). The lowest BCUT2D eigenvalue weighted by Gasteiger charge is -2.12. The molecule has 0 amide bonds. The van der Waals surface area contributed by atoms with Gasteiger partial charge in [-0.3, -0.25) is 0 Å². The zero-order valence-corrected chi connectivity index (χ0v) is 11.3. The number of hydrogen-bond donors (Lipinski definition) is 1. The van der Waals surface area contributed by atoms with Crippen molar-refractivity contribution in [2.24, 2.45) is 0 Å². The molecule has 98 valence electrons. The van der Waals surface area contributed by atoms with Crippen LogP contribution in [0.15, 0.2) is 30.3 Å². The molecule has 0 aliphatic heterocycles. The summed E-state index contributed by atoms with van der Waals surface area (Å²) in [5, 5.41) is 9.25. The van der Waals surface area contributed by atoms with Gasteiger partial charge in [-0.25, -0.2) is 9.18 Å². The number of aromatic carboxylic acids is 1. The predicted molar refractivity (Wildman–Crippen MR) is 73.3 cm³/mol. The number of carboxylic acid groups (broad SMARTS) is 1. The molecule has 0 atom stereocenters. The summed E-state index contributed by atoms with van der Waals surface area (Å²) in [6, 6.07) is 7.42. The molecule has 0 heterocycles. The molecule has 0 fully saturated rings. The van der Waals surface area contributed by atoms with E-state index >= 15 is 0 Å². The molecule has 4 heteroatoms. The predicted octanol–water partition coefficient (Wildman–Crippen LogP) is 4.46. The quantitative estimate of drug-likeness (QED) is 0.880. The molecule has 1 N–H and O–H groups in total. The first-order chi connectivity index (χ1) is 8.90. The molecule has 19 heavy (non-hydrogen) atoms. The average Bonchev–Trinajstić information content (AvgIpc) is 2.29. The third kappa shape index (κ3) is 2.61. The van der Waals surface area contributed by atoms with Crippen LogP contribution in [0, 0.1) is 19.7 Å². The van der Waals surface area contributed by atoms with Crippen LogP contribution in [-0.2, 0) is 0 Å². The fourth-order valence-corrected chi connectivity index (χ4v) is 2.46. The number of halogens is 2.